The van der Waals surface area contributed by atoms with Crippen molar-refractivity contribution in [3.63, 3.8) is 0 Å². The van der Waals surface area contributed by atoms with Crippen LogP contribution in [0.4, 0.5) is 0 Å². The lowest BCUT2D eigenvalue weighted by Gasteiger charge is -2.13. The van der Waals surface area contributed by atoms with Crippen molar-refractivity contribution >= 4 is 26.5 Å². The summed E-state index contributed by atoms with van der Waals surface area (Å²) in [6, 6.07) is 24.1. The van der Waals surface area contributed by atoms with E-state index in [9.17, 15) is 13.2 Å². The van der Waals surface area contributed by atoms with E-state index in [2.05, 4.69) is 5.32 Å². The lowest BCUT2D eigenvalue weighted by atomic mass is 10.0. The highest BCUT2D eigenvalue weighted by atomic mass is 32.2. The highest BCUT2D eigenvalue weighted by molar-refractivity contribution is 7.90. The molecular formula is C28H27NO5S. The van der Waals surface area contributed by atoms with E-state index in [0.717, 1.165) is 33.2 Å². The van der Waals surface area contributed by atoms with Crippen molar-refractivity contribution in [2.75, 3.05) is 27.0 Å². The van der Waals surface area contributed by atoms with Crippen LogP contribution in [0, 0.1) is 0 Å². The number of carbonyl (C=O) groups excluding carboxylic acids is 1. The summed E-state index contributed by atoms with van der Waals surface area (Å²) in [7, 11) is -0.0859. The quantitative estimate of drug-likeness (QED) is 0.381. The molecule has 0 radical (unpaired) electrons. The lowest BCUT2D eigenvalue weighted by molar-refractivity contribution is 0.0951. The van der Waals surface area contributed by atoms with Gasteiger partial charge in [0.05, 0.1) is 24.7 Å². The van der Waals surface area contributed by atoms with Crippen LogP contribution in [0.5, 0.6) is 11.5 Å². The number of benzene rings is 4. The van der Waals surface area contributed by atoms with E-state index in [-0.39, 0.29) is 10.8 Å². The molecule has 4 aromatic rings. The average molecular weight is 490 g/mol. The third-order valence-corrected chi connectivity index (χ3v) is 7.02. The molecule has 1 N–H and O–H groups in total. The molecule has 6 nitrogen and oxygen atoms in total. The van der Waals surface area contributed by atoms with Crippen molar-refractivity contribution < 1.29 is 22.7 Å². The van der Waals surface area contributed by atoms with Gasteiger partial charge in [0.25, 0.3) is 5.91 Å². The SMILES string of the molecule is COc1ccc(-c2ccc(S(C)(=O)=O)cc2)cc1CCNC(=O)c1cc2ccccc2cc1OC. The Morgan fingerprint density at radius 2 is 1.43 bits per heavy atom. The molecule has 0 atom stereocenters. The minimum absolute atomic E-state index is 0.209. The first-order valence-corrected chi connectivity index (χ1v) is 13.0. The molecule has 4 aromatic carbocycles. The zero-order valence-electron chi connectivity index (χ0n) is 19.9. The number of methoxy groups -OCH3 is 2. The monoisotopic (exact) mass is 489 g/mol. The number of amides is 1. The van der Waals surface area contributed by atoms with E-state index in [1.54, 1.807) is 38.5 Å². The Balaban J connectivity index is 1.51. The zero-order chi connectivity index (χ0) is 25.0. The Labute approximate surface area is 205 Å². The summed E-state index contributed by atoms with van der Waals surface area (Å²) in [5.74, 6) is 1.04. The van der Waals surface area contributed by atoms with E-state index < -0.39 is 9.84 Å². The first-order chi connectivity index (χ1) is 16.8. The minimum atomic E-state index is -3.25. The molecule has 180 valence electrons. The summed E-state index contributed by atoms with van der Waals surface area (Å²) >= 11 is 0. The number of carbonyl (C=O) groups is 1. The number of hydrogen-bond donors (Lipinski definition) is 1. The molecule has 1 amide bonds. The van der Waals surface area contributed by atoms with Crippen LogP contribution in [-0.4, -0.2) is 41.3 Å². The second kappa shape index (κ2) is 10.2. The normalized spacial score (nSPS) is 11.3. The Morgan fingerprint density at radius 1 is 0.800 bits per heavy atom. The minimum Gasteiger partial charge on any atom is -0.496 e. The first kappa shape index (κ1) is 24.3. The van der Waals surface area contributed by atoms with Gasteiger partial charge in [0.15, 0.2) is 9.84 Å². The molecule has 0 heterocycles. The predicted molar refractivity (Wildman–Crippen MR) is 138 cm³/mol. The van der Waals surface area contributed by atoms with Gasteiger partial charge in [-0.2, -0.15) is 0 Å². The first-order valence-electron chi connectivity index (χ1n) is 11.1. The maximum absolute atomic E-state index is 12.9. The van der Waals surface area contributed by atoms with Gasteiger partial charge in [0, 0.05) is 12.8 Å². The summed E-state index contributed by atoms with van der Waals surface area (Å²) in [5, 5.41) is 4.95. The topological polar surface area (TPSA) is 81.7 Å². The molecule has 7 heteroatoms. The van der Waals surface area contributed by atoms with E-state index in [1.165, 1.54) is 6.26 Å². The van der Waals surface area contributed by atoms with Crippen LogP contribution in [0.15, 0.2) is 83.8 Å². The van der Waals surface area contributed by atoms with Gasteiger partial charge in [-0.3, -0.25) is 4.79 Å². The van der Waals surface area contributed by atoms with Crippen molar-refractivity contribution in [2.45, 2.75) is 11.3 Å². The standard InChI is InChI=1S/C28H27NO5S/c1-33-26-13-10-22(19-8-11-24(12-9-19)35(3,31)32)16-23(26)14-15-29-28(30)25-17-20-6-4-5-7-21(20)18-27(25)34-2/h4-13,16-18H,14-15H2,1-3H3,(H,29,30). The number of fused-ring (bicyclic) bond motifs is 1. The van der Waals surface area contributed by atoms with Crippen LogP contribution < -0.4 is 14.8 Å². The molecule has 35 heavy (non-hydrogen) atoms. The fraction of sp³-hybridized carbons (Fsp3) is 0.179. The summed E-state index contributed by atoms with van der Waals surface area (Å²) in [5.41, 5.74) is 3.25. The van der Waals surface area contributed by atoms with Gasteiger partial charge >= 0.3 is 0 Å². The Hall–Kier alpha value is -3.84. The van der Waals surface area contributed by atoms with Crippen LogP contribution in [0.25, 0.3) is 21.9 Å². The van der Waals surface area contributed by atoms with E-state index >= 15 is 0 Å². The van der Waals surface area contributed by atoms with E-state index in [1.807, 2.05) is 54.6 Å². The number of ether oxygens (including phenoxy) is 2. The van der Waals surface area contributed by atoms with Crippen molar-refractivity contribution in [3.05, 3.63) is 90.0 Å². The van der Waals surface area contributed by atoms with Gasteiger partial charge in [0.1, 0.15) is 11.5 Å². The van der Waals surface area contributed by atoms with Crippen LogP contribution in [0.3, 0.4) is 0 Å². The molecule has 0 bridgehead atoms. The van der Waals surface area contributed by atoms with Gasteiger partial charge in [0.2, 0.25) is 0 Å². The van der Waals surface area contributed by atoms with Crippen molar-refractivity contribution in [1.82, 2.24) is 5.32 Å². The number of sulfone groups is 1. The van der Waals surface area contributed by atoms with Crippen LogP contribution in [0.1, 0.15) is 15.9 Å². The Kier molecular flexibility index (Phi) is 7.07. The van der Waals surface area contributed by atoms with Crippen LogP contribution in [-0.2, 0) is 16.3 Å². The largest absolute Gasteiger partial charge is 0.496 e. The molecular weight excluding hydrogens is 462 g/mol. The zero-order valence-corrected chi connectivity index (χ0v) is 20.7. The number of hydrogen-bond acceptors (Lipinski definition) is 5. The smallest absolute Gasteiger partial charge is 0.255 e. The van der Waals surface area contributed by atoms with Crippen molar-refractivity contribution in [2.24, 2.45) is 0 Å². The van der Waals surface area contributed by atoms with Gasteiger partial charge < -0.3 is 14.8 Å². The molecule has 4 rings (SSSR count). The third kappa shape index (κ3) is 5.46. The second-order valence-corrected chi connectivity index (χ2v) is 10.2. The maximum atomic E-state index is 12.9. The average Bonchev–Trinajstić information content (AvgIpc) is 2.87. The van der Waals surface area contributed by atoms with E-state index in [4.69, 9.17) is 9.47 Å². The van der Waals surface area contributed by atoms with Crippen LogP contribution in [0.2, 0.25) is 0 Å². The molecule has 0 aliphatic carbocycles. The summed E-state index contributed by atoms with van der Waals surface area (Å²) in [4.78, 5) is 13.2. The number of nitrogens with one attached hydrogen (secondary N) is 1. The van der Waals surface area contributed by atoms with Crippen molar-refractivity contribution in [1.29, 1.82) is 0 Å². The summed E-state index contributed by atoms with van der Waals surface area (Å²) in [6.45, 7) is 0.404. The summed E-state index contributed by atoms with van der Waals surface area (Å²) in [6.07, 6.45) is 1.75. The Bertz CT molecular complexity index is 1480. The summed E-state index contributed by atoms with van der Waals surface area (Å²) < 4.78 is 34.4. The fourth-order valence-electron chi connectivity index (χ4n) is 4.02. The number of rotatable bonds is 8. The van der Waals surface area contributed by atoms with E-state index in [0.29, 0.717) is 24.3 Å². The molecule has 0 aliphatic rings. The van der Waals surface area contributed by atoms with Gasteiger partial charge in [-0.1, -0.05) is 42.5 Å². The molecule has 0 aliphatic heterocycles. The van der Waals surface area contributed by atoms with Crippen molar-refractivity contribution in [3.8, 4) is 22.6 Å². The van der Waals surface area contributed by atoms with Crippen LogP contribution >= 0.6 is 0 Å². The maximum Gasteiger partial charge on any atom is 0.255 e. The highest BCUT2D eigenvalue weighted by Crippen LogP contribution is 2.29. The molecule has 0 fully saturated rings. The lowest BCUT2D eigenvalue weighted by Crippen LogP contribution is -2.26. The molecule has 0 saturated carbocycles. The highest BCUT2D eigenvalue weighted by Gasteiger charge is 2.14. The molecule has 0 spiro atoms. The third-order valence-electron chi connectivity index (χ3n) is 5.89. The van der Waals surface area contributed by atoms with Gasteiger partial charge in [-0.15, -0.1) is 0 Å². The predicted octanol–water partition coefficient (Wildman–Crippen LogP) is 4.90. The van der Waals surface area contributed by atoms with Gasteiger partial charge in [-0.05, 0) is 70.3 Å². The molecule has 0 unspecified atom stereocenters. The van der Waals surface area contributed by atoms with Gasteiger partial charge in [-0.25, -0.2) is 8.42 Å². The molecule has 0 saturated heterocycles. The Morgan fingerprint density at radius 3 is 2.06 bits per heavy atom. The second-order valence-electron chi connectivity index (χ2n) is 8.23. The fourth-order valence-corrected chi connectivity index (χ4v) is 4.65. The molecule has 0 aromatic heterocycles.